The maximum absolute atomic E-state index is 12.6. The van der Waals surface area contributed by atoms with Crippen LogP contribution in [0.2, 0.25) is 0 Å². The molecule has 6 rings (SSSR count). The quantitative estimate of drug-likeness (QED) is 0.127. The third-order valence-electron chi connectivity index (χ3n) is 7.61. The van der Waals surface area contributed by atoms with E-state index < -0.39 is 25.6 Å². The molecule has 0 saturated carbocycles. The molecule has 0 spiro atoms. The van der Waals surface area contributed by atoms with E-state index in [4.69, 9.17) is 9.47 Å². The van der Waals surface area contributed by atoms with Gasteiger partial charge in [0.2, 0.25) is 0 Å². The van der Waals surface area contributed by atoms with Crippen molar-refractivity contribution in [3.05, 3.63) is 158 Å². The summed E-state index contributed by atoms with van der Waals surface area (Å²) in [7, 11) is 0. The van der Waals surface area contributed by atoms with Crippen molar-refractivity contribution >= 4 is 34.1 Å². The van der Waals surface area contributed by atoms with E-state index in [0.29, 0.717) is 0 Å². The normalized spacial score (nSPS) is 11.6. The van der Waals surface area contributed by atoms with Gasteiger partial charge in [-0.15, -0.1) is 0 Å². The molecule has 4 nitrogen and oxygen atoms in total. The lowest BCUT2D eigenvalue weighted by Crippen LogP contribution is -2.19. The fraction of sp³-hybridized carbons (Fsp3) is 0.100. The maximum atomic E-state index is 12.6. The van der Waals surface area contributed by atoms with Crippen LogP contribution in [0.3, 0.4) is 0 Å². The average molecular weight is 685 g/mol. The van der Waals surface area contributed by atoms with E-state index in [-0.39, 0.29) is 11.5 Å². The van der Waals surface area contributed by atoms with Crippen LogP contribution in [0.4, 0.5) is 60.5 Å². The van der Waals surface area contributed by atoms with Gasteiger partial charge in [-0.25, -0.2) is 0 Å². The first-order valence-electron chi connectivity index (χ1n) is 15.5. The van der Waals surface area contributed by atoms with Crippen LogP contribution in [0.1, 0.15) is 0 Å². The van der Waals surface area contributed by atoms with Crippen LogP contribution >= 0.6 is 0 Å². The number of hydrogen-bond acceptors (Lipinski definition) is 4. The van der Waals surface area contributed by atoms with E-state index in [1.165, 1.54) is 24.3 Å². The number of anilines is 6. The summed E-state index contributed by atoms with van der Waals surface area (Å²) in [6.07, 6.45) is -8.85. The molecular weight excluding hydrogens is 654 g/mol. The highest BCUT2D eigenvalue weighted by molar-refractivity contribution is 5.80. The number of halogens is 6. The number of alkyl halides is 6. The van der Waals surface area contributed by atoms with Crippen molar-refractivity contribution in [3.63, 3.8) is 0 Å². The van der Waals surface area contributed by atoms with Crippen LogP contribution in [-0.2, 0) is 0 Å². The van der Waals surface area contributed by atoms with E-state index >= 15 is 0 Å². The van der Waals surface area contributed by atoms with Crippen molar-refractivity contribution in [2.45, 2.75) is 12.4 Å². The van der Waals surface area contributed by atoms with Gasteiger partial charge >= 0.3 is 12.4 Å². The van der Waals surface area contributed by atoms with E-state index in [1.54, 1.807) is 24.3 Å². The standard InChI is InChI=1S/C40H30F6N2O2/c41-39(42,43)27-49-37-23-19-35(20-24-37)47(31-7-3-1-4-8-31)33-15-11-29(12-16-33)30-13-17-34(18-14-30)48(32-9-5-2-6-10-32)36-21-25-38(26-22-36)50-28-40(44,45)46/h1-26H,27-28H2. The van der Waals surface area contributed by atoms with Gasteiger partial charge in [-0.2, -0.15) is 26.3 Å². The van der Waals surface area contributed by atoms with Crippen LogP contribution in [0.15, 0.2) is 158 Å². The third-order valence-corrected chi connectivity index (χ3v) is 7.61. The van der Waals surface area contributed by atoms with Crippen molar-refractivity contribution < 1.29 is 35.8 Å². The second-order valence-electron chi connectivity index (χ2n) is 11.2. The van der Waals surface area contributed by atoms with Crippen LogP contribution < -0.4 is 19.3 Å². The average Bonchev–Trinajstić information content (AvgIpc) is 3.12. The fourth-order valence-corrected chi connectivity index (χ4v) is 5.37. The number of rotatable bonds is 11. The second kappa shape index (κ2) is 14.7. The van der Waals surface area contributed by atoms with Gasteiger partial charge in [-0.3, -0.25) is 0 Å². The first-order valence-corrected chi connectivity index (χ1v) is 15.5. The van der Waals surface area contributed by atoms with Gasteiger partial charge in [0.15, 0.2) is 13.2 Å². The van der Waals surface area contributed by atoms with Gasteiger partial charge in [0.25, 0.3) is 0 Å². The minimum absolute atomic E-state index is 0.121. The molecule has 10 heteroatoms. The van der Waals surface area contributed by atoms with Gasteiger partial charge in [0, 0.05) is 34.1 Å². The van der Waals surface area contributed by atoms with Gasteiger partial charge in [0.1, 0.15) is 11.5 Å². The van der Waals surface area contributed by atoms with Crippen molar-refractivity contribution in [1.82, 2.24) is 0 Å². The minimum Gasteiger partial charge on any atom is -0.484 e. The molecule has 0 atom stereocenters. The zero-order valence-corrected chi connectivity index (χ0v) is 26.4. The molecule has 0 amide bonds. The SMILES string of the molecule is FC(F)(F)COc1ccc(N(c2ccccc2)c2ccc(-c3ccc(N(c4ccccc4)c4ccc(OCC(F)(F)F)cc4)cc3)cc2)cc1. The number of para-hydroxylation sites is 2. The number of nitrogens with zero attached hydrogens (tertiary/aromatic N) is 2. The van der Waals surface area contributed by atoms with E-state index in [2.05, 4.69) is 0 Å². The summed E-state index contributed by atoms with van der Waals surface area (Å²) in [4.78, 5) is 4.00. The van der Waals surface area contributed by atoms with Crippen LogP contribution in [0, 0.1) is 0 Å². The first kappa shape index (κ1) is 34.0. The summed E-state index contributed by atoms with van der Waals surface area (Å²) in [5.41, 5.74) is 6.84. The van der Waals surface area contributed by atoms with E-state index in [0.717, 1.165) is 45.3 Å². The summed E-state index contributed by atoms with van der Waals surface area (Å²) in [5, 5.41) is 0. The van der Waals surface area contributed by atoms with Crippen molar-refractivity contribution in [2.75, 3.05) is 23.0 Å². The Kier molecular flexibility index (Phi) is 9.99. The van der Waals surface area contributed by atoms with Gasteiger partial charge in [-0.1, -0.05) is 60.7 Å². The highest BCUT2D eigenvalue weighted by Gasteiger charge is 2.29. The molecule has 6 aromatic carbocycles. The monoisotopic (exact) mass is 684 g/mol. The smallest absolute Gasteiger partial charge is 0.422 e. The Morgan fingerprint density at radius 2 is 0.600 bits per heavy atom. The molecule has 0 bridgehead atoms. The predicted molar refractivity (Wildman–Crippen MR) is 184 cm³/mol. The first-order chi connectivity index (χ1) is 24.0. The zero-order valence-electron chi connectivity index (χ0n) is 26.4. The Morgan fingerprint density at radius 1 is 0.340 bits per heavy atom. The van der Waals surface area contributed by atoms with Gasteiger partial charge in [0.05, 0.1) is 0 Å². The molecule has 254 valence electrons. The third kappa shape index (κ3) is 8.76. The Labute approximate surface area is 285 Å². The minimum atomic E-state index is -4.43. The molecule has 0 aliphatic heterocycles. The van der Waals surface area contributed by atoms with Crippen molar-refractivity contribution in [2.24, 2.45) is 0 Å². The molecule has 0 aromatic heterocycles. The molecule has 0 aliphatic carbocycles. The summed E-state index contributed by atoms with van der Waals surface area (Å²) in [6, 6.07) is 48.0. The summed E-state index contributed by atoms with van der Waals surface area (Å²) < 4.78 is 85.6. The molecule has 0 fully saturated rings. The largest absolute Gasteiger partial charge is 0.484 e. The number of ether oxygens (including phenoxy) is 2. The Balaban J connectivity index is 1.24. The summed E-state index contributed by atoms with van der Waals surface area (Å²) >= 11 is 0. The van der Waals surface area contributed by atoms with Gasteiger partial charge in [-0.05, 0) is 108 Å². The molecule has 50 heavy (non-hydrogen) atoms. The predicted octanol–water partition coefficient (Wildman–Crippen LogP) is 12.2. The highest BCUT2D eigenvalue weighted by Crippen LogP contribution is 2.39. The van der Waals surface area contributed by atoms with Crippen LogP contribution in [0.25, 0.3) is 11.1 Å². The molecule has 0 radical (unpaired) electrons. The lowest BCUT2D eigenvalue weighted by Gasteiger charge is -2.26. The molecule has 0 N–H and O–H groups in total. The zero-order chi connectivity index (χ0) is 35.1. The summed E-state index contributed by atoms with van der Waals surface area (Å²) in [5.74, 6) is 0.242. The lowest BCUT2D eigenvalue weighted by molar-refractivity contribution is -0.154. The Morgan fingerprint density at radius 3 is 0.880 bits per heavy atom. The van der Waals surface area contributed by atoms with Gasteiger partial charge < -0.3 is 19.3 Å². The second-order valence-corrected chi connectivity index (χ2v) is 11.2. The number of hydrogen-bond donors (Lipinski definition) is 0. The fourth-order valence-electron chi connectivity index (χ4n) is 5.37. The highest BCUT2D eigenvalue weighted by atomic mass is 19.4. The molecule has 6 aromatic rings. The van der Waals surface area contributed by atoms with Crippen LogP contribution in [0.5, 0.6) is 11.5 Å². The molecule has 0 aliphatic rings. The Bertz CT molecular complexity index is 1800. The molecule has 0 unspecified atom stereocenters. The number of benzene rings is 6. The van der Waals surface area contributed by atoms with Crippen molar-refractivity contribution in [3.8, 4) is 22.6 Å². The molecule has 0 saturated heterocycles. The van der Waals surface area contributed by atoms with Crippen molar-refractivity contribution in [1.29, 1.82) is 0 Å². The Hall–Kier alpha value is -5.90. The maximum Gasteiger partial charge on any atom is 0.422 e. The molecule has 0 heterocycles. The van der Waals surface area contributed by atoms with E-state index in [1.807, 2.05) is 119 Å². The topological polar surface area (TPSA) is 24.9 Å². The molecular formula is C40H30F6N2O2. The van der Waals surface area contributed by atoms with Crippen LogP contribution in [-0.4, -0.2) is 25.6 Å². The van der Waals surface area contributed by atoms with E-state index in [9.17, 15) is 26.3 Å². The summed E-state index contributed by atoms with van der Waals surface area (Å²) in [6.45, 7) is -2.73. The lowest BCUT2D eigenvalue weighted by atomic mass is 10.0.